The maximum atomic E-state index is 12.8. The van der Waals surface area contributed by atoms with Gasteiger partial charge in [0.05, 0.1) is 6.10 Å². The van der Waals surface area contributed by atoms with Gasteiger partial charge in [0.15, 0.2) is 0 Å². The van der Waals surface area contributed by atoms with Gasteiger partial charge in [-0.25, -0.2) is 4.79 Å². The molecule has 1 aliphatic carbocycles. The molecule has 2 unspecified atom stereocenters. The fourth-order valence-electron chi connectivity index (χ4n) is 3.40. The van der Waals surface area contributed by atoms with Crippen LogP contribution in [0.4, 0.5) is 0 Å². The number of carbonyl (C=O) groups excluding carboxylic acids is 1. The predicted octanol–water partition coefficient (Wildman–Crippen LogP) is 1.49. The Morgan fingerprint density at radius 1 is 1.33 bits per heavy atom. The van der Waals surface area contributed by atoms with Crippen LogP contribution in [-0.4, -0.2) is 47.7 Å². The summed E-state index contributed by atoms with van der Waals surface area (Å²) < 4.78 is 5.24. The van der Waals surface area contributed by atoms with Crippen molar-refractivity contribution in [2.45, 2.75) is 37.8 Å². The van der Waals surface area contributed by atoms with Gasteiger partial charge in [-0.1, -0.05) is 12.1 Å². The summed E-state index contributed by atoms with van der Waals surface area (Å²) in [5.74, 6) is -1.14. The molecule has 1 N–H and O–H groups in total. The highest BCUT2D eigenvalue weighted by atomic mass is 16.5. The summed E-state index contributed by atoms with van der Waals surface area (Å²) in [6.45, 7) is 0.343. The number of hydrogen-bond donors (Lipinski definition) is 1. The molecule has 1 aromatic carbocycles. The Bertz CT molecular complexity index is 584. The molecule has 1 saturated heterocycles. The first kappa shape index (κ1) is 14.1. The molecule has 2 aliphatic rings. The van der Waals surface area contributed by atoms with Crippen molar-refractivity contribution in [3.8, 4) is 0 Å². The summed E-state index contributed by atoms with van der Waals surface area (Å²) in [6, 6.07) is 4.96. The minimum absolute atomic E-state index is 0.180. The summed E-state index contributed by atoms with van der Waals surface area (Å²) in [5, 5.41) is 9.34. The number of aryl methyl sites for hydroxylation is 1. The zero-order valence-electron chi connectivity index (χ0n) is 12.0. The Balaban J connectivity index is 1.91. The number of carboxylic acids is 1. The molecule has 5 nitrogen and oxygen atoms in total. The van der Waals surface area contributed by atoms with E-state index in [9.17, 15) is 14.7 Å². The summed E-state index contributed by atoms with van der Waals surface area (Å²) in [5.41, 5.74) is 2.97. The number of carbonyl (C=O) groups is 2. The molecule has 0 radical (unpaired) electrons. The van der Waals surface area contributed by atoms with Gasteiger partial charge >= 0.3 is 5.97 Å². The Morgan fingerprint density at radius 3 is 2.86 bits per heavy atom. The molecule has 1 fully saturated rings. The minimum atomic E-state index is -0.963. The van der Waals surface area contributed by atoms with E-state index in [0.717, 1.165) is 24.8 Å². The van der Waals surface area contributed by atoms with Gasteiger partial charge in [-0.3, -0.25) is 4.79 Å². The second-order valence-electron chi connectivity index (χ2n) is 5.70. The number of rotatable bonds is 3. The van der Waals surface area contributed by atoms with E-state index in [1.54, 1.807) is 7.11 Å². The van der Waals surface area contributed by atoms with Gasteiger partial charge in [-0.15, -0.1) is 0 Å². The van der Waals surface area contributed by atoms with Crippen molar-refractivity contribution in [2.24, 2.45) is 0 Å². The SMILES string of the molecule is COC1CC(C(=O)O)N(C(=O)c2cccc3c2CCC3)C1. The number of amides is 1. The molecule has 0 spiro atoms. The third-order valence-corrected chi connectivity index (χ3v) is 4.52. The Hall–Kier alpha value is -1.88. The molecule has 1 aliphatic heterocycles. The van der Waals surface area contributed by atoms with Crippen molar-refractivity contribution in [1.82, 2.24) is 4.90 Å². The second-order valence-corrected chi connectivity index (χ2v) is 5.70. The lowest BCUT2D eigenvalue weighted by Gasteiger charge is -2.22. The summed E-state index contributed by atoms with van der Waals surface area (Å²) in [7, 11) is 1.55. The third-order valence-electron chi connectivity index (χ3n) is 4.52. The average molecular weight is 289 g/mol. The summed E-state index contributed by atoms with van der Waals surface area (Å²) in [4.78, 5) is 25.6. The summed E-state index contributed by atoms with van der Waals surface area (Å²) >= 11 is 0. The van der Waals surface area contributed by atoms with E-state index in [4.69, 9.17) is 4.74 Å². The van der Waals surface area contributed by atoms with Crippen LogP contribution >= 0.6 is 0 Å². The van der Waals surface area contributed by atoms with Crippen molar-refractivity contribution >= 4 is 11.9 Å². The lowest BCUT2D eigenvalue weighted by molar-refractivity contribution is -0.141. The van der Waals surface area contributed by atoms with Crippen LogP contribution in [0.1, 0.15) is 34.3 Å². The first-order chi connectivity index (χ1) is 10.1. The molecule has 1 heterocycles. The van der Waals surface area contributed by atoms with Crippen molar-refractivity contribution < 1.29 is 19.4 Å². The topological polar surface area (TPSA) is 66.8 Å². The molecular weight excluding hydrogens is 270 g/mol. The van der Waals surface area contributed by atoms with Crippen LogP contribution in [0.2, 0.25) is 0 Å². The van der Waals surface area contributed by atoms with Crippen molar-refractivity contribution in [2.75, 3.05) is 13.7 Å². The van der Waals surface area contributed by atoms with Gasteiger partial charge in [-0.2, -0.15) is 0 Å². The number of nitrogens with zero attached hydrogens (tertiary/aromatic N) is 1. The number of aliphatic carboxylic acids is 1. The highest BCUT2D eigenvalue weighted by Gasteiger charge is 2.40. The van der Waals surface area contributed by atoms with Crippen LogP contribution in [0.3, 0.4) is 0 Å². The third kappa shape index (κ3) is 2.42. The quantitative estimate of drug-likeness (QED) is 0.915. The Morgan fingerprint density at radius 2 is 2.14 bits per heavy atom. The molecule has 0 aromatic heterocycles. The molecule has 2 atom stereocenters. The molecular formula is C16H19NO4. The van der Waals surface area contributed by atoms with Gasteiger partial charge < -0.3 is 14.7 Å². The maximum absolute atomic E-state index is 12.8. The van der Waals surface area contributed by atoms with Crippen LogP contribution in [0, 0.1) is 0 Å². The summed E-state index contributed by atoms with van der Waals surface area (Å²) in [6.07, 6.45) is 3.11. The van der Waals surface area contributed by atoms with E-state index < -0.39 is 12.0 Å². The van der Waals surface area contributed by atoms with E-state index in [1.165, 1.54) is 10.5 Å². The maximum Gasteiger partial charge on any atom is 0.326 e. The Kier molecular flexibility index (Phi) is 3.68. The fraction of sp³-hybridized carbons (Fsp3) is 0.500. The number of fused-ring (bicyclic) bond motifs is 1. The highest BCUT2D eigenvalue weighted by Crippen LogP contribution is 2.29. The fourth-order valence-corrected chi connectivity index (χ4v) is 3.40. The van der Waals surface area contributed by atoms with Gasteiger partial charge in [-0.05, 0) is 36.5 Å². The monoisotopic (exact) mass is 289 g/mol. The molecule has 1 aromatic rings. The lowest BCUT2D eigenvalue weighted by Crippen LogP contribution is -2.41. The number of benzene rings is 1. The van der Waals surface area contributed by atoms with Crippen LogP contribution < -0.4 is 0 Å². The number of methoxy groups -OCH3 is 1. The van der Waals surface area contributed by atoms with Gasteiger partial charge in [0.1, 0.15) is 6.04 Å². The predicted molar refractivity (Wildman–Crippen MR) is 76.3 cm³/mol. The number of ether oxygens (including phenoxy) is 1. The van der Waals surface area contributed by atoms with E-state index in [-0.39, 0.29) is 12.0 Å². The minimum Gasteiger partial charge on any atom is -0.480 e. The van der Waals surface area contributed by atoms with Crippen LogP contribution in [0.5, 0.6) is 0 Å². The van der Waals surface area contributed by atoms with E-state index >= 15 is 0 Å². The molecule has 1 amide bonds. The van der Waals surface area contributed by atoms with Gasteiger partial charge in [0.2, 0.25) is 0 Å². The van der Waals surface area contributed by atoms with Crippen LogP contribution in [0.25, 0.3) is 0 Å². The zero-order chi connectivity index (χ0) is 15.0. The van der Waals surface area contributed by atoms with Crippen molar-refractivity contribution in [3.05, 3.63) is 34.9 Å². The van der Waals surface area contributed by atoms with Crippen LogP contribution in [-0.2, 0) is 22.4 Å². The molecule has 0 bridgehead atoms. The first-order valence-corrected chi connectivity index (χ1v) is 7.29. The average Bonchev–Trinajstić information content (AvgIpc) is 3.12. The largest absolute Gasteiger partial charge is 0.480 e. The molecule has 112 valence electrons. The number of likely N-dealkylation sites (tertiary alicyclic amines) is 1. The Labute approximate surface area is 123 Å². The normalized spacial score (nSPS) is 24.1. The van der Waals surface area contributed by atoms with E-state index in [0.29, 0.717) is 18.5 Å². The standard InChI is InChI=1S/C16H19NO4/c1-21-11-8-14(16(19)20)17(9-11)15(18)13-7-3-5-10-4-2-6-12(10)13/h3,5,7,11,14H,2,4,6,8-9H2,1H3,(H,19,20). The molecule has 21 heavy (non-hydrogen) atoms. The van der Waals surface area contributed by atoms with E-state index in [1.807, 2.05) is 12.1 Å². The van der Waals surface area contributed by atoms with Gasteiger partial charge in [0, 0.05) is 25.6 Å². The van der Waals surface area contributed by atoms with Crippen LogP contribution in [0.15, 0.2) is 18.2 Å². The molecule has 0 saturated carbocycles. The number of carboxylic acid groups (broad SMARTS) is 1. The van der Waals surface area contributed by atoms with Crippen molar-refractivity contribution in [1.29, 1.82) is 0 Å². The molecule has 5 heteroatoms. The first-order valence-electron chi connectivity index (χ1n) is 7.29. The smallest absolute Gasteiger partial charge is 0.326 e. The van der Waals surface area contributed by atoms with E-state index in [2.05, 4.69) is 6.07 Å². The lowest BCUT2D eigenvalue weighted by atomic mass is 10.0. The highest BCUT2D eigenvalue weighted by molar-refractivity contribution is 5.98. The number of hydrogen-bond acceptors (Lipinski definition) is 3. The zero-order valence-corrected chi connectivity index (χ0v) is 12.0. The van der Waals surface area contributed by atoms with Crippen molar-refractivity contribution in [3.63, 3.8) is 0 Å². The van der Waals surface area contributed by atoms with Gasteiger partial charge in [0.25, 0.3) is 5.91 Å². The molecule has 3 rings (SSSR count). The second kappa shape index (κ2) is 5.48.